The van der Waals surface area contributed by atoms with E-state index >= 15 is 0 Å². The Morgan fingerprint density at radius 2 is 1.92 bits per heavy atom. The number of nitrogens with zero attached hydrogens (tertiary/aromatic N) is 1. The second-order valence-electron chi connectivity index (χ2n) is 3.67. The lowest BCUT2D eigenvalue weighted by Gasteiger charge is -2.22. The van der Waals surface area contributed by atoms with E-state index in [4.69, 9.17) is 5.26 Å². The van der Waals surface area contributed by atoms with Gasteiger partial charge in [-0.1, -0.05) is 20.8 Å². The molecule has 1 N–H and O–H groups in total. The van der Waals surface area contributed by atoms with Crippen molar-refractivity contribution in [1.29, 1.82) is 5.26 Å². The van der Waals surface area contributed by atoms with Gasteiger partial charge in [0.15, 0.2) is 0 Å². The zero-order chi connectivity index (χ0) is 9.56. The molecule has 0 aromatic heterocycles. The summed E-state index contributed by atoms with van der Waals surface area (Å²) in [6.07, 6.45) is 1.65. The highest BCUT2D eigenvalue weighted by molar-refractivity contribution is 4.82. The summed E-state index contributed by atoms with van der Waals surface area (Å²) >= 11 is 0. The Morgan fingerprint density at radius 1 is 1.33 bits per heavy atom. The maximum absolute atomic E-state index is 8.53. The van der Waals surface area contributed by atoms with Crippen molar-refractivity contribution in [3.63, 3.8) is 0 Å². The van der Waals surface area contributed by atoms with E-state index in [1.54, 1.807) is 0 Å². The Kier molecular flexibility index (Phi) is 5.74. The molecule has 2 nitrogen and oxygen atoms in total. The van der Waals surface area contributed by atoms with Crippen LogP contribution in [0.25, 0.3) is 0 Å². The van der Waals surface area contributed by atoms with Crippen molar-refractivity contribution < 1.29 is 0 Å². The normalized spacial score (nSPS) is 15.7. The van der Waals surface area contributed by atoms with Gasteiger partial charge < -0.3 is 5.32 Å². The van der Waals surface area contributed by atoms with Crippen LogP contribution in [0.1, 0.15) is 40.5 Å². The molecule has 0 aliphatic heterocycles. The molecule has 0 aliphatic rings. The first-order valence-corrected chi connectivity index (χ1v) is 4.74. The molecule has 0 aromatic carbocycles. The van der Waals surface area contributed by atoms with Crippen LogP contribution in [0.3, 0.4) is 0 Å². The second-order valence-corrected chi connectivity index (χ2v) is 3.67. The van der Waals surface area contributed by atoms with Crippen LogP contribution < -0.4 is 5.32 Å². The van der Waals surface area contributed by atoms with E-state index in [0.717, 1.165) is 6.42 Å². The Hall–Kier alpha value is -0.550. The average Bonchev–Trinajstić information content (AvgIpc) is 2.03. The molecule has 0 aliphatic carbocycles. The molecule has 2 atom stereocenters. The molecule has 0 heterocycles. The van der Waals surface area contributed by atoms with Crippen molar-refractivity contribution in [2.45, 2.75) is 52.6 Å². The van der Waals surface area contributed by atoms with Crippen LogP contribution in [0.5, 0.6) is 0 Å². The molecule has 70 valence electrons. The number of hydrogen-bond acceptors (Lipinski definition) is 2. The van der Waals surface area contributed by atoms with E-state index < -0.39 is 0 Å². The topological polar surface area (TPSA) is 35.8 Å². The van der Waals surface area contributed by atoms with Crippen LogP contribution in [0, 0.1) is 17.2 Å². The molecular formula is C10H20N2. The van der Waals surface area contributed by atoms with Crippen molar-refractivity contribution in [3.05, 3.63) is 0 Å². The van der Waals surface area contributed by atoms with Crippen molar-refractivity contribution in [3.8, 4) is 6.07 Å². The predicted molar refractivity (Wildman–Crippen MR) is 51.7 cm³/mol. The fraction of sp³-hybridized carbons (Fsp3) is 0.900. The van der Waals surface area contributed by atoms with Gasteiger partial charge in [-0.2, -0.15) is 5.26 Å². The predicted octanol–water partition coefficient (Wildman–Crippen LogP) is 2.31. The van der Waals surface area contributed by atoms with Crippen LogP contribution in [0.4, 0.5) is 0 Å². The molecule has 2 unspecified atom stereocenters. The fourth-order valence-corrected chi connectivity index (χ4v) is 0.996. The minimum absolute atomic E-state index is 0.368. The SMILES string of the molecule is CCC(CC#N)NC(C)C(C)C. The first-order chi connectivity index (χ1) is 5.61. The lowest BCUT2D eigenvalue weighted by atomic mass is 10.0. The van der Waals surface area contributed by atoms with E-state index in [-0.39, 0.29) is 0 Å². The lowest BCUT2D eigenvalue weighted by molar-refractivity contribution is 0.367. The number of rotatable bonds is 5. The molecule has 0 bridgehead atoms. The third-order valence-electron chi connectivity index (χ3n) is 2.33. The van der Waals surface area contributed by atoms with Crippen LogP contribution in [-0.2, 0) is 0 Å². The third-order valence-corrected chi connectivity index (χ3v) is 2.33. The molecule has 0 fully saturated rings. The van der Waals surface area contributed by atoms with Crippen molar-refractivity contribution in [2.75, 3.05) is 0 Å². The zero-order valence-electron chi connectivity index (χ0n) is 8.59. The lowest BCUT2D eigenvalue weighted by Crippen LogP contribution is -2.38. The maximum Gasteiger partial charge on any atom is 0.0638 e. The standard InChI is InChI=1S/C10H20N2/c1-5-10(6-7-11)12-9(4)8(2)3/h8-10,12H,5-6H2,1-4H3. The molecular weight excluding hydrogens is 148 g/mol. The van der Waals surface area contributed by atoms with Gasteiger partial charge in [-0.15, -0.1) is 0 Å². The summed E-state index contributed by atoms with van der Waals surface area (Å²) in [6, 6.07) is 3.07. The van der Waals surface area contributed by atoms with Crippen LogP contribution in [0.2, 0.25) is 0 Å². The van der Waals surface area contributed by atoms with Gasteiger partial charge in [-0.3, -0.25) is 0 Å². The Bertz CT molecular complexity index is 146. The van der Waals surface area contributed by atoms with E-state index in [2.05, 4.69) is 39.1 Å². The van der Waals surface area contributed by atoms with E-state index in [9.17, 15) is 0 Å². The summed E-state index contributed by atoms with van der Waals surface area (Å²) in [5.41, 5.74) is 0. The van der Waals surface area contributed by atoms with E-state index in [1.807, 2.05) is 0 Å². The smallest absolute Gasteiger partial charge is 0.0638 e. The van der Waals surface area contributed by atoms with Gasteiger partial charge in [0.1, 0.15) is 0 Å². The molecule has 12 heavy (non-hydrogen) atoms. The van der Waals surface area contributed by atoms with Gasteiger partial charge in [0.25, 0.3) is 0 Å². The molecule has 0 aromatic rings. The minimum atomic E-state index is 0.368. The number of hydrogen-bond donors (Lipinski definition) is 1. The molecule has 0 radical (unpaired) electrons. The largest absolute Gasteiger partial charge is 0.310 e. The van der Waals surface area contributed by atoms with Gasteiger partial charge in [0, 0.05) is 12.1 Å². The molecule has 0 amide bonds. The van der Waals surface area contributed by atoms with Crippen molar-refractivity contribution in [1.82, 2.24) is 5.32 Å². The summed E-state index contributed by atoms with van der Waals surface area (Å²) in [5.74, 6) is 0.637. The third kappa shape index (κ3) is 4.35. The first kappa shape index (κ1) is 11.4. The Morgan fingerprint density at radius 3 is 2.25 bits per heavy atom. The van der Waals surface area contributed by atoms with Crippen LogP contribution >= 0.6 is 0 Å². The highest BCUT2D eigenvalue weighted by Crippen LogP contribution is 2.04. The second kappa shape index (κ2) is 6.02. The van der Waals surface area contributed by atoms with Gasteiger partial charge in [0.2, 0.25) is 0 Å². The molecule has 0 saturated heterocycles. The molecule has 0 rings (SSSR count). The van der Waals surface area contributed by atoms with Gasteiger partial charge in [-0.05, 0) is 19.3 Å². The quantitative estimate of drug-likeness (QED) is 0.683. The molecule has 2 heteroatoms. The van der Waals surface area contributed by atoms with Crippen molar-refractivity contribution >= 4 is 0 Å². The summed E-state index contributed by atoms with van der Waals surface area (Å²) in [5, 5.41) is 12.0. The zero-order valence-corrected chi connectivity index (χ0v) is 8.59. The summed E-state index contributed by atoms with van der Waals surface area (Å²) in [7, 11) is 0. The highest BCUT2D eigenvalue weighted by Gasteiger charge is 2.11. The average molecular weight is 168 g/mol. The first-order valence-electron chi connectivity index (χ1n) is 4.74. The van der Waals surface area contributed by atoms with Gasteiger partial charge in [0.05, 0.1) is 12.5 Å². The fourth-order valence-electron chi connectivity index (χ4n) is 0.996. The minimum Gasteiger partial charge on any atom is -0.310 e. The van der Waals surface area contributed by atoms with Gasteiger partial charge in [-0.25, -0.2) is 0 Å². The monoisotopic (exact) mass is 168 g/mol. The number of nitrogens with one attached hydrogen (secondary N) is 1. The van der Waals surface area contributed by atoms with Crippen LogP contribution in [-0.4, -0.2) is 12.1 Å². The summed E-state index contributed by atoms with van der Waals surface area (Å²) in [4.78, 5) is 0. The maximum atomic E-state index is 8.53. The van der Waals surface area contributed by atoms with Gasteiger partial charge >= 0.3 is 0 Å². The highest BCUT2D eigenvalue weighted by atomic mass is 14.9. The van der Waals surface area contributed by atoms with Crippen molar-refractivity contribution in [2.24, 2.45) is 5.92 Å². The summed E-state index contributed by atoms with van der Waals surface area (Å²) < 4.78 is 0. The Labute approximate surface area is 76.0 Å². The Balaban J connectivity index is 3.78. The van der Waals surface area contributed by atoms with Crippen LogP contribution in [0.15, 0.2) is 0 Å². The van der Waals surface area contributed by atoms with E-state index in [0.29, 0.717) is 24.4 Å². The molecule has 0 saturated carbocycles. The molecule has 0 spiro atoms. The van der Waals surface area contributed by atoms with E-state index in [1.165, 1.54) is 0 Å². The summed E-state index contributed by atoms with van der Waals surface area (Å²) in [6.45, 7) is 8.67. The number of nitriles is 1.